The lowest BCUT2D eigenvalue weighted by Gasteiger charge is -2.26. The number of carbonyl (C=O) groups is 2. The lowest BCUT2D eigenvalue weighted by Crippen LogP contribution is -2.41. The Hall–Kier alpha value is -3.59. The van der Waals surface area contributed by atoms with Gasteiger partial charge in [0, 0.05) is 44.5 Å². The number of ether oxygens (including phenoxy) is 1. The molecule has 1 saturated heterocycles. The second-order valence-electron chi connectivity index (χ2n) is 9.00. The van der Waals surface area contributed by atoms with Crippen molar-refractivity contribution in [2.75, 3.05) is 26.2 Å². The van der Waals surface area contributed by atoms with Gasteiger partial charge in [-0.3, -0.25) is 19.4 Å². The molecule has 3 heterocycles. The first kappa shape index (κ1) is 23.6. The monoisotopic (exact) mass is 463 g/mol. The summed E-state index contributed by atoms with van der Waals surface area (Å²) >= 11 is 0. The predicted molar refractivity (Wildman–Crippen MR) is 127 cm³/mol. The molecule has 1 aliphatic rings. The molecule has 0 bridgehead atoms. The third-order valence-corrected chi connectivity index (χ3v) is 5.77. The number of pyridine rings is 1. The summed E-state index contributed by atoms with van der Waals surface area (Å²) in [7, 11) is 1.52. The first-order valence-corrected chi connectivity index (χ1v) is 11.4. The van der Waals surface area contributed by atoms with Crippen LogP contribution in [0.1, 0.15) is 29.9 Å². The number of hydrogen-bond acceptors (Lipinski definition) is 6. The molecule has 9 heteroatoms. The topological polar surface area (TPSA) is 97.6 Å². The van der Waals surface area contributed by atoms with Crippen molar-refractivity contribution in [2.45, 2.75) is 26.6 Å². The minimum atomic E-state index is -0.401. The highest BCUT2D eigenvalue weighted by atomic mass is 16.5. The van der Waals surface area contributed by atoms with Gasteiger partial charge < -0.3 is 14.5 Å². The standard InChI is InChI=1S/C25H29N5O4/c1-17(2)12-29-13-19(34-16-18-7-6-10-26-11-18)14-30(15-22(29)31)25(33)23-20-8-4-5-9-21(20)24(32)28(3)27-23/h4-11,17,19H,12-16H2,1-3H3/t19-/m0/s1. The fourth-order valence-electron chi connectivity index (χ4n) is 4.16. The Balaban J connectivity index is 1.64. The molecule has 34 heavy (non-hydrogen) atoms. The third-order valence-electron chi connectivity index (χ3n) is 5.77. The summed E-state index contributed by atoms with van der Waals surface area (Å²) in [5, 5.41) is 5.14. The normalized spacial score (nSPS) is 16.8. The molecule has 1 fully saturated rings. The number of nitrogens with zero attached hydrogens (tertiary/aromatic N) is 5. The largest absolute Gasteiger partial charge is 0.370 e. The van der Waals surface area contributed by atoms with E-state index >= 15 is 0 Å². The Morgan fingerprint density at radius 3 is 2.59 bits per heavy atom. The van der Waals surface area contributed by atoms with Crippen LogP contribution in [0, 0.1) is 5.92 Å². The second-order valence-corrected chi connectivity index (χ2v) is 9.00. The SMILES string of the molecule is CC(C)CN1C[C@H](OCc2cccnc2)CN(C(=O)c2nn(C)c(=O)c3ccccc23)CC1=O. The van der Waals surface area contributed by atoms with Gasteiger partial charge in [-0.15, -0.1) is 0 Å². The van der Waals surface area contributed by atoms with Crippen LogP contribution in [0.5, 0.6) is 0 Å². The third kappa shape index (κ3) is 5.14. The van der Waals surface area contributed by atoms with E-state index in [1.54, 1.807) is 41.6 Å². The van der Waals surface area contributed by atoms with Crippen molar-refractivity contribution in [3.63, 3.8) is 0 Å². The summed E-state index contributed by atoms with van der Waals surface area (Å²) in [4.78, 5) is 46.6. The molecule has 1 aliphatic heterocycles. The number of fused-ring (bicyclic) bond motifs is 1. The summed E-state index contributed by atoms with van der Waals surface area (Å²) < 4.78 is 7.32. The van der Waals surface area contributed by atoms with Crippen molar-refractivity contribution in [1.29, 1.82) is 0 Å². The molecule has 1 atom stereocenters. The lowest BCUT2D eigenvalue weighted by molar-refractivity contribution is -0.132. The van der Waals surface area contributed by atoms with Crippen molar-refractivity contribution in [1.82, 2.24) is 24.6 Å². The zero-order valence-corrected chi connectivity index (χ0v) is 19.7. The number of aromatic nitrogens is 3. The number of amides is 2. The van der Waals surface area contributed by atoms with E-state index in [0.29, 0.717) is 30.5 Å². The molecule has 1 aromatic carbocycles. The maximum absolute atomic E-state index is 13.6. The van der Waals surface area contributed by atoms with E-state index in [-0.39, 0.29) is 42.3 Å². The summed E-state index contributed by atoms with van der Waals surface area (Å²) in [6.45, 7) is 5.55. The number of carbonyl (C=O) groups excluding carboxylic acids is 2. The van der Waals surface area contributed by atoms with Gasteiger partial charge in [0.1, 0.15) is 6.54 Å². The molecule has 0 radical (unpaired) electrons. The van der Waals surface area contributed by atoms with Gasteiger partial charge in [-0.1, -0.05) is 38.1 Å². The van der Waals surface area contributed by atoms with E-state index in [0.717, 1.165) is 10.2 Å². The average molecular weight is 464 g/mol. The molecule has 3 aromatic rings. The van der Waals surface area contributed by atoms with Crippen LogP contribution < -0.4 is 5.56 Å². The van der Waals surface area contributed by atoms with Gasteiger partial charge in [-0.25, -0.2) is 4.68 Å². The molecule has 0 aliphatic carbocycles. The molecule has 2 aromatic heterocycles. The highest BCUT2D eigenvalue weighted by molar-refractivity contribution is 6.05. The molecule has 0 N–H and O–H groups in total. The first-order valence-electron chi connectivity index (χ1n) is 11.4. The molecular weight excluding hydrogens is 434 g/mol. The zero-order valence-electron chi connectivity index (χ0n) is 19.7. The highest BCUT2D eigenvalue weighted by Gasteiger charge is 2.33. The molecule has 0 unspecified atom stereocenters. The van der Waals surface area contributed by atoms with Crippen molar-refractivity contribution in [3.05, 3.63) is 70.4 Å². The molecule has 0 spiro atoms. The smallest absolute Gasteiger partial charge is 0.275 e. The van der Waals surface area contributed by atoms with Crippen LogP contribution in [0.3, 0.4) is 0 Å². The van der Waals surface area contributed by atoms with Gasteiger partial charge >= 0.3 is 0 Å². The molecule has 4 rings (SSSR count). The van der Waals surface area contributed by atoms with E-state index < -0.39 is 5.91 Å². The van der Waals surface area contributed by atoms with E-state index in [4.69, 9.17) is 4.74 Å². The summed E-state index contributed by atoms with van der Waals surface area (Å²) in [5.41, 5.74) is 0.783. The van der Waals surface area contributed by atoms with Crippen LogP contribution in [0.2, 0.25) is 0 Å². The van der Waals surface area contributed by atoms with E-state index in [1.165, 1.54) is 11.9 Å². The Bertz CT molecular complexity index is 1240. The van der Waals surface area contributed by atoms with Crippen molar-refractivity contribution < 1.29 is 14.3 Å². The van der Waals surface area contributed by atoms with Crippen LogP contribution >= 0.6 is 0 Å². The van der Waals surface area contributed by atoms with E-state index in [2.05, 4.69) is 10.1 Å². The van der Waals surface area contributed by atoms with E-state index in [1.807, 2.05) is 26.0 Å². The van der Waals surface area contributed by atoms with Gasteiger partial charge in [-0.05, 0) is 23.6 Å². The quantitative estimate of drug-likeness (QED) is 0.554. The minimum Gasteiger partial charge on any atom is -0.370 e. The Morgan fingerprint density at radius 2 is 1.88 bits per heavy atom. The van der Waals surface area contributed by atoms with E-state index in [9.17, 15) is 14.4 Å². The Morgan fingerprint density at radius 1 is 1.12 bits per heavy atom. The molecule has 9 nitrogen and oxygen atoms in total. The van der Waals surface area contributed by atoms with Crippen molar-refractivity contribution in [3.8, 4) is 0 Å². The van der Waals surface area contributed by atoms with Gasteiger partial charge in [0.05, 0.1) is 18.1 Å². The molecular formula is C25H29N5O4. The maximum Gasteiger partial charge on any atom is 0.275 e. The number of benzene rings is 1. The van der Waals surface area contributed by atoms with Crippen molar-refractivity contribution >= 4 is 22.6 Å². The maximum atomic E-state index is 13.6. The van der Waals surface area contributed by atoms with Crippen LogP contribution in [0.25, 0.3) is 10.8 Å². The average Bonchev–Trinajstić information content (AvgIpc) is 2.98. The van der Waals surface area contributed by atoms with Gasteiger partial charge in [0.2, 0.25) is 5.91 Å². The fraction of sp³-hybridized carbons (Fsp3) is 0.400. The number of hydrogen-bond donors (Lipinski definition) is 0. The highest BCUT2D eigenvalue weighted by Crippen LogP contribution is 2.18. The summed E-state index contributed by atoms with van der Waals surface area (Å²) in [5.74, 6) is -0.260. The lowest BCUT2D eigenvalue weighted by atomic mass is 10.1. The Kier molecular flexibility index (Phi) is 7.02. The predicted octanol–water partition coefficient (Wildman–Crippen LogP) is 1.85. The van der Waals surface area contributed by atoms with Crippen LogP contribution in [0.4, 0.5) is 0 Å². The molecule has 178 valence electrons. The first-order chi connectivity index (χ1) is 16.3. The van der Waals surface area contributed by atoms with Gasteiger partial charge in [0.25, 0.3) is 11.5 Å². The zero-order chi connectivity index (χ0) is 24.2. The van der Waals surface area contributed by atoms with Crippen LogP contribution in [-0.4, -0.2) is 68.7 Å². The molecule has 2 amide bonds. The fourth-order valence-corrected chi connectivity index (χ4v) is 4.16. The van der Waals surface area contributed by atoms with Crippen LogP contribution in [0.15, 0.2) is 53.6 Å². The minimum absolute atomic E-state index is 0.0723. The Labute approximate surface area is 197 Å². The van der Waals surface area contributed by atoms with Gasteiger partial charge in [0.15, 0.2) is 5.69 Å². The summed E-state index contributed by atoms with van der Waals surface area (Å²) in [6, 6.07) is 10.7. The number of rotatable bonds is 6. The second kappa shape index (κ2) is 10.1. The summed E-state index contributed by atoms with van der Waals surface area (Å²) in [6.07, 6.45) is 3.05. The van der Waals surface area contributed by atoms with Crippen molar-refractivity contribution in [2.24, 2.45) is 13.0 Å². The van der Waals surface area contributed by atoms with Crippen LogP contribution in [-0.2, 0) is 23.2 Å². The number of aryl methyl sites for hydroxylation is 1. The van der Waals surface area contributed by atoms with Gasteiger partial charge in [-0.2, -0.15) is 5.10 Å². The molecule has 0 saturated carbocycles.